The molecule has 0 amide bonds. The molecule has 0 saturated heterocycles. The number of rotatable bonds is 7. The third-order valence-electron chi connectivity index (χ3n) is 2.03. The smallest absolute Gasteiger partial charge is 0.223 e. The highest BCUT2D eigenvalue weighted by molar-refractivity contribution is 7.99. The van der Waals surface area contributed by atoms with Crippen LogP contribution in [0.25, 0.3) is 0 Å². The molecular formula is C11H18ClN3S. The first-order valence-electron chi connectivity index (χ1n) is 5.67. The molecule has 0 unspecified atom stereocenters. The van der Waals surface area contributed by atoms with Crippen molar-refractivity contribution in [3.8, 4) is 0 Å². The average molecular weight is 260 g/mol. The van der Waals surface area contributed by atoms with Crippen LogP contribution >= 0.6 is 23.4 Å². The van der Waals surface area contributed by atoms with Crippen LogP contribution in [0.4, 0.5) is 5.95 Å². The fourth-order valence-corrected chi connectivity index (χ4v) is 2.36. The minimum Gasteiger partial charge on any atom is -0.354 e. The number of thioether (sulfide) groups is 1. The second-order valence-electron chi connectivity index (χ2n) is 3.43. The number of nitrogens with zero attached hydrogens (tertiary/aromatic N) is 2. The molecule has 1 N–H and O–H groups in total. The van der Waals surface area contributed by atoms with Crippen LogP contribution in [-0.4, -0.2) is 22.3 Å². The maximum atomic E-state index is 6.04. The lowest BCUT2D eigenvalue weighted by molar-refractivity contribution is 0.778. The van der Waals surface area contributed by atoms with Crippen molar-refractivity contribution in [3.63, 3.8) is 0 Å². The van der Waals surface area contributed by atoms with Crippen LogP contribution in [-0.2, 0) is 0 Å². The topological polar surface area (TPSA) is 37.8 Å². The predicted molar refractivity (Wildman–Crippen MR) is 71.5 cm³/mol. The lowest BCUT2D eigenvalue weighted by Crippen LogP contribution is -2.02. The van der Waals surface area contributed by atoms with Gasteiger partial charge in [0.25, 0.3) is 0 Å². The molecule has 16 heavy (non-hydrogen) atoms. The summed E-state index contributed by atoms with van der Waals surface area (Å²) in [6, 6.07) is 0. The fourth-order valence-electron chi connectivity index (χ4n) is 1.22. The van der Waals surface area contributed by atoms with Gasteiger partial charge in [-0.15, -0.1) is 11.8 Å². The van der Waals surface area contributed by atoms with Crippen molar-refractivity contribution in [2.45, 2.75) is 38.1 Å². The van der Waals surface area contributed by atoms with Crippen molar-refractivity contribution in [1.82, 2.24) is 9.97 Å². The molecule has 0 saturated carbocycles. The van der Waals surface area contributed by atoms with E-state index in [0.29, 0.717) is 11.0 Å². The van der Waals surface area contributed by atoms with Gasteiger partial charge in [0, 0.05) is 6.54 Å². The van der Waals surface area contributed by atoms with E-state index in [1.165, 1.54) is 19.3 Å². The van der Waals surface area contributed by atoms with Crippen LogP contribution in [0.3, 0.4) is 0 Å². The van der Waals surface area contributed by atoms with Crippen molar-refractivity contribution in [2.24, 2.45) is 0 Å². The van der Waals surface area contributed by atoms with Crippen molar-refractivity contribution in [1.29, 1.82) is 0 Å². The van der Waals surface area contributed by atoms with Gasteiger partial charge in [-0.05, 0) is 19.1 Å². The Morgan fingerprint density at radius 3 is 2.88 bits per heavy atom. The normalized spacial score (nSPS) is 10.4. The van der Waals surface area contributed by atoms with E-state index in [1.807, 2.05) is 6.92 Å². The second-order valence-corrected chi connectivity index (χ2v) is 4.92. The zero-order valence-electron chi connectivity index (χ0n) is 9.79. The van der Waals surface area contributed by atoms with Gasteiger partial charge in [-0.2, -0.15) is 0 Å². The number of hydrogen-bond donors (Lipinski definition) is 1. The lowest BCUT2D eigenvalue weighted by atomic mass is 10.3. The first kappa shape index (κ1) is 13.6. The lowest BCUT2D eigenvalue weighted by Gasteiger charge is -2.05. The summed E-state index contributed by atoms with van der Waals surface area (Å²) in [7, 11) is 0. The number of hydrogen-bond acceptors (Lipinski definition) is 4. The Labute approximate surface area is 106 Å². The van der Waals surface area contributed by atoms with Crippen LogP contribution in [0.2, 0.25) is 5.02 Å². The molecule has 1 heterocycles. The van der Waals surface area contributed by atoms with E-state index in [9.17, 15) is 0 Å². The molecule has 1 rings (SSSR count). The van der Waals surface area contributed by atoms with Crippen molar-refractivity contribution in [3.05, 3.63) is 11.2 Å². The van der Waals surface area contributed by atoms with E-state index in [0.717, 1.165) is 17.3 Å². The van der Waals surface area contributed by atoms with E-state index in [1.54, 1.807) is 18.0 Å². The molecule has 0 spiro atoms. The Hall–Kier alpha value is -0.480. The zero-order valence-corrected chi connectivity index (χ0v) is 11.4. The largest absolute Gasteiger partial charge is 0.354 e. The Morgan fingerprint density at radius 1 is 1.38 bits per heavy atom. The fraction of sp³-hybridized carbons (Fsp3) is 0.636. The van der Waals surface area contributed by atoms with E-state index in [-0.39, 0.29) is 0 Å². The number of aromatic nitrogens is 2. The molecule has 0 fully saturated rings. The molecule has 0 bridgehead atoms. The van der Waals surface area contributed by atoms with Crippen molar-refractivity contribution in [2.75, 3.05) is 17.6 Å². The third-order valence-corrected chi connectivity index (χ3v) is 3.50. The zero-order chi connectivity index (χ0) is 11.8. The first-order valence-corrected chi connectivity index (χ1v) is 7.03. The molecule has 1 aromatic heterocycles. The van der Waals surface area contributed by atoms with Gasteiger partial charge < -0.3 is 5.32 Å². The number of anilines is 1. The van der Waals surface area contributed by atoms with Crippen molar-refractivity contribution < 1.29 is 0 Å². The summed E-state index contributed by atoms with van der Waals surface area (Å²) in [5, 5.41) is 4.60. The Balaban J connectivity index is 2.52. The minimum atomic E-state index is 0.642. The van der Waals surface area contributed by atoms with Crippen LogP contribution < -0.4 is 5.32 Å². The van der Waals surface area contributed by atoms with Gasteiger partial charge >= 0.3 is 0 Å². The van der Waals surface area contributed by atoms with Crippen LogP contribution in [0, 0.1) is 0 Å². The molecule has 0 aromatic carbocycles. The Kier molecular flexibility index (Phi) is 6.57. The number of unbranched alkanes of at least 4 members (excludes halogenated alkanes) is 2. The summed E-state index contributed by atoms with van der Waals surface area (Å²) in [5.41, 5.74) is 0. The molecular weight excluding hydrogens is 242 g/mol. The second kappa shape index (κ2) is 7.74. The van der Waals surface area contributed by atoms with Crippen LogP contribution in [0.5, 0.6) is 0 Å². The summed E-state index contributed by atoms with van der Waals surface area (Å²) in [6.45, 7) is 5.04. The van der Waals surface area contributed by atoms with Crippen LogP contribution in [0.15, 0.2) is 11.2 Å². The van der Waals surface area contributed by atoms with Crippen molar-refractivity contribution >= 4 is 29.3 Å². The molecule has 0 radical (unpaired) electrons. The molecule has 0 aliphatic heterocycles. The average Bonchev–Trinajstić information content (AvgIpc) is 2.29. The van der Waals surface area contributed by atoms with Gasteiger partial charge in [-0.3, -0.25) is 0 Å². The highest BCUT2D eigenvalue weighted by Crippen LogP contribution is 2.26. The summed E-state index contributed by atoms with van der Waals surface area (Å²) in [4.78, 5) is 8.47. The maximum absolute atomic E-state index is 6.04. The van der Waals surface area contributed by atoms with Gasteiger partial charge in [0.1, 0.15) is 5.03 Å². The Bertz CT molecular complexity index is 320. The quantitative estimate of drug-likeness (QED) is 0.459. The highest BCUT2D eigenvalue weighted by atomic mass is 35.5. The molecule has 0 aliphatic rings. The van der Waals surface area contributed by atoms with E-state index in [2.05, 4.69) is 22.2 Å². The van der Waals surface area contributed by atoms with Gasteiger partial charge in [0.2, 0.25) is 5.95 Å². The molecule has 5 heteroatoms. The molecule has 1 aromatic rings. The van der Waals surface area contributed by atoms with Gasteiger partial charge in [-0.1, -0.05) is 31.4 Å². The Morgan fingerprint density at radius 2 is 2.19 bits per heavy atom. The summed E-state index contributed by atoms with van der Waals surface area (Å²) in [5.74, 6) is 1.72. The molecule has 3 nitrogen and oxygen atoms in total. The standard InChI is InChI=1S/C11H18ClN3S/c1-3-5-6-7-16-10-9(12)8-14-11(15-10)13-4-2/h8H,3-7H2,1-2H3,(H,13,14,15). The number of nitrogens with one attached hydrogen (secondary N) is 1. The van der Waals surface area contributed by atoms with E-state index in [4.69, 9.17) is 11.6 Å². The van der Waals surface area contributed by atoms with Crippen LogP contribution in [0.1, 0.15) is 33.1 Å². The molecule has 0 aliphatic carbocycles. The van der Waals surface area contributed by atoms with Gasteiger partial charge in [-0.25, -0.2) is 9.97 Å². The van der Waals surface area contributed by atoms with E-state index >= 15 is 0 Å². The van der Waals surface area contributed by atoms with E-state index < -0.39 is 0 Å². The number of halogens is 1. The SMILES string of the molecule is CCCCCSc1nc(NCC)ncc1Cl. The predicted octanol–water partition coefficient (Wildman–Crippen LogP) is 3.84. The monoisotopic (exact) mass is 259 g/mol. The first-order chi connectivity index (χ1) is 7.77. The third kappa shape index (κ3) is 4.58. The summed E-state index contributed by atoms with van der Waals surface area (Å²) < 4.78 is 0. The summed E-state index contributed by atoms with van der Waals surface area (Å²) >= 11 is 7.74. The van der Waals surface area contributed by atoms with Gasteiger partial charge in [0.05, 0.1) is 11.2 Å². The molecule has 90 valence electrons. The minimum absolute atomic E-state index is 0.642. The highest BCUT2D eigenvalue weighted by Gasteiger charge is 2.05. The maximum Gasteiger partial charge on any atom is 0.223 e. The van der Waals surface area contributed by atoms with Gasteiger partial charge in [0.15, 0.2) is 0 Å². The molecule has 0 atom stereocenters. The summed E-state index contributed by atoms with van der Waals surface area (Å²) in [6.07, 6.45) is 5.36.